The highest BCUT2D eigenvalue weighted by atomic mass is 35.5. The van der Waals surface area contributed by atoms with Crippen LogP contribution in [0.1, 0.15) is 38.7 Å². The first kappa shape index (κ1) is 29.3. The zero-order valence-corrected chi connectivity index (χ0v) is 21.1. The van der Waals surface area contributed by atoms with E-state index in [1.807, 2.05) is 6.92 Å². The molecule has 0 aliphatic carbocycles. The Labute approximate surface area is 220 Å². The minimum absolute atomic E-state index is 0.0416. The van der Waals surface area contributed by atoms with Crippen LogP contribution < -0.4 is 5.73 Å². The van der Waals surface area contributed by atoms with Gasteiger partial charge < -0.3 is 15.6 Å². The number of aliphatic imine (C=N–C) groups is 1. The Morgan fingerprint density at radius 3 is 2.47 bits per heavy atom. The van der Waals surface area contributed by atoms with Crippen molar-refractivity contribution in [2.24, 2.45) is 10.7 Å². The zero-order valence-electron chi connectivity index (χ0n) is 20.4. The molecule has 1 fully saturated rings. The van der Waals surface area contributed by atoms with E-state index in [0.29, 0.717) is 30.6 Å². The van der Waals surface area contributed by atoms with Crippen molar-refractivity contribution in [1.82, 2.24) is 4.90 Å². The molecule has 3 atom stereocenters. The van der Waals surface area contributed by atoms with E-state index in [0.717, 1.165) is 18.2 Å². The molecule has 0 unspecified atom stereocenters. The van der Waals surface area contributed by atoms with Crippen LogP contribution in [0.3, 0.4) is 0 Å². The summed E-state index contributed by atoms with van der Waals surface area (Å²) in [4.78, 5) is 28.3. The highest BCUT2D eigenvalue weighted by Crippen LogP contribution is 2.42. The third-order valence-corrected chi connectivity index (χ3v) is 6.64. The molecule has 38 heavy (non-hydrogen) atoms. The average Bonchev–Trinajstić information content (AvgIpc) is 2.80. The molecule has 2 aromatic carbocycles. The molecule has 4 rings (SSSR count). The third-order valence-electron chi connectivity index (χ3n) is 6.23. The van der Waals surface area contributed by atoms with Gasteiger partial charge in [-0.3, -0.25) is 9.69 Å². The van der Waals surface area contributed by atoms with Crippen LogP contribution in [0.25, 0.3) is 11.1 Å². The quantitative estimate of drug-likeness (QED) is 0.498. The number of hydrogen-bond acceptors (Lipinski definition) is 5. The van der Waals surface area contributed by atoms with E-state index in [9.17, 15) is 26.7 Å². The maximum atomic E-state index is 14.4. The fourth-order valence-corrected chi connectivity index (χ4v) is 4.90. The first-order chi connectivity index (χ1) is 17.6. The van der Waals surface area contributed by atoms with Gasteiger partial charge >= 0.3 is 12.1 Å². The highest BCUT2D eigenvalue weighted by Gasteiger charge is 2.42. The molecule has 2 heterocycles. The summed E-state index contributed by atoms with van der Waals surface area (Å²) in [6, 6.07) is 8.18. The van der Waals surface area contributed by atoms with Crippen molar-refractivity contribution in [2.75, 3.05) is 6.61 Å². The number of rotatable bonds is 3. The van der Waals surface area contributed by atoms with Crippen molar-refractivity contribution in [1.29, 1.82) is 0 Å². The number of benzene rings is 2. The van der Waals surface area contributed by atoms with E-state index in [1.165, 1.54) is 0 Å². The van der Waals surface area contributed by atoms with Gasteiger partial charge in [-0.25, -0.2) is 18.6 Å². The maximum Gasteiger partial charge on any atom is 0.490 e. The number of guanidine groups is 1. The lowest BCUT2D eigenvalue weighted by atomic mass is 9.85. The second-order valence-electron chi connectivity index (χ2n) is 9.14. The van der Waals surface area contributed by atoms with Crippen LogP contribution in [-0.2, 0) is 19.9 Å². The van der Waals surface area contributed by atoms with E-state index in [1.54, 1.807) is 30.0 Å². The summed E-state index contributed by atoms with van der Waals surface area (Å²) in [6.07, 6.45) is -3.60. The molecule has 1 amide bonds. The molecule has 0 bridgehead atoms. The van der Waals surface area contributed by atoms with Gasteiger partial charge in [0.15, 0.2) is 5.96 Å². The van der Waals surface area contributed by atoms with Crippen LogP contribution in [0, 0.1) is 11.6 Å². The van der Waals surface area contributed by atoms with Crippen LogP contribution in [0.4, 0.5) is 22.0 Å². The summed E-state index contributed by atoms with van der Waals surface area (Å²) in [5, 5.41) is 7.34. The van der Waals surface area contributed by atoms with Crippen LogP contribution in [0.5, 0.6) is 0 Å². The van der Waals surface area contributed by atoms with E-state index < -0.39 is 29.3 Å². The van der Waals surface area contributed by atoms with Gasteiger partial charge in [0.25, 0.3) is 0 Å². The summed E-state index contributed by atoms with van der Waals surface area (Å²) in [7, 11) is 0. The molecule has 1 saturated heterocycles. The van der Waals surface area contributed by atoms with Gasteiger partial charge in [-0.05, 0) is 50.5 Å². The monoisotopic (exact) mass is 561 g/mol. The minimum Gasteiger partial charge on any atom is -0.475 e. The number of aliphatic carboxylic acids is 1. The number of nitrogens with two attached hydrogens (primary N) is 1. The van der Waals surface area contributed by atoms with Crippen molar-refractivity contribution in [3.05, 3.63) is 58.6 Å². The summed E-state index contributed by atoms with van der Waals surface area (Å²) in [5.74, 6) is -3.93. The maximum absolute atomic E-state index is 14.4. The molecular weight excluding hydrogens is 537 g/mol. The summed E-state index contributed by atoms with van der Waals surface area (Å²) < 4.78 is 65.4. The van der Waals surface area contributed by atoms with Crippen molar-refractivity contribution in [3.63, 3.8) is 0 Å². The standard InChI is InChI=1S/C23H24ClF2N3O2.C2HF3O2/c1-13-10-15(8-9-31-13)29-20(30)12-23(2,28-22(29)27)18-5-3-4-16(21(18)24)17-11-14(25)6-7-19(17)26;3-2(4,5)1(6)7/h3-7,11,13,15H,8-10,12H2,1-2H3,(H2,27,28);(H,6,7)/t13-,15-,23-;/m0./s1. The number of halogens is 6. The number of ether oxygens (including phenoxy) is 1. The van der Waals surface area contributed by atoms with Gasteiger partial charge in [-0.2, -0.15) is 13.2 Å². The first-order valence-corrected chi connectivity index (χ1v) is 11.9. The Morgan fingerprint density at radius 2 is 1.89 bits per heavy atom. The fraction of sp³-hybridized carbons (Fsp3) is 0.400. The summed E-state index contributed by atoms with van der Waals surface area (Å²) >= 11 is 6.65. The largest absolute Gasteiger partial charge is 0.490 e. The SMILES string of the molecule is C[C@H]1C[C@@H](N2C(=O)C[C@@](C)(c3cccc(-c4cc(F)ccc4F)c3Cl)N=C2N)CCO1.O=C(O)C(F)(F)F. The van der Waals surface area contributed by atoms with Gasteiger partial charge in [0.05, 0.1) is 23.1 Å². The van der Waals surface area contributed by atoms with Crippen molar-refractivity contribution >= 4 is 29.4 Å². The van der Waals surface area contributed by atoms with Gasteiger partial charge in [-0.1, -0.05) is 29.8 Å². The fourth-order valence-electron chi connectivity index (χ4n) is 4.47. The molecule has 7 nitrogen and oxygen atoms in total. The zero-order chi connectivity index (χ0) is 28.4. The van der Waals surface area contributed by atoms with Crippen LogP contribution in [0.15, 0.2) is 41.4 Å². The van der Waals surface area contributed by atoms with Crippen LogP contribution in [-0.4, -0.2) is 52.8 Å². The second-order valence-corrected chi connectivity index (χ2v) is 9.52. The highest BCUT2D eigenvalue weighted by molar-refractivity contribution is 6.34. The smallest absolute Gasteiger partial charge is 0.475 e. The Kier molecular flexibility index (Phi) is 8.67. The molecule has 2 aliphatic heterocycles. The lowest BCUT2D eigenvalue weighted by molar-refractivity contribution is -0.192. The van der Waals surface area contributed by atoms with Crippen LogP contribution >= 0.6 is 11.6 Å². The lowest BCUT2D eigenvalue weighted by Gasteiger charge is -2.41. The van der Waals surface area contributed by atoms with Gasteiger partial charge in [0.1, 0.15) is 11.6 Å². The second kappa shape index (κ2) is 11.2. The number of carboxylic acid groups (broad SMARTS) is 1. The molecule has 0 radical (unpaired) electrons. The number of carbonyl (C=O) groups is 2. The number of amides is 1. The minimum atomic E-state index is -5.08. The molecule has 3 N–H and O–H groups in total. The Bertz CT molecular complexity index is 1260. The van der Waals surface area contributed by atoms with Crippen molar-refractivity contribution in [3.8, 4) is 11.1 Å². The molecule has 13 heteroatoms. The van der Waals surface area contributed by atoms with Crippen molar-refractivity contribution in [2.45, 2.75) is 57.0 Å². The van der Waals surface area contributed by atoms with Crippen LogP contribution in [0.2, 0.25) is 5.02 Å². The molecule has 2 aromatic rings. The summed E-state index contributed by atoms with van der Waals surface area (Å²) in [6.45, 7) is 4.30. The number of nitrogens with zero attached hydrogens (tertiary/aromatic N) is 2. The molecular formula is C25H25ClF5N3O4. The third kappa shape index (κ3) is 6.41. The normalized spacial score (nSPS) is 23.8. The van der Waals surface area contributed by atoms with E-state index in [2.05, 4.69) is 4.99 Å². The molecule has 0 aromatic heterocycles. The van der Waals surface area contributed by atoms with E-state index >= 15 is 0 Å². The Hall–Kier alpha value is -3.25. The number of carbonyl (C=O) groups excluding carboxylic acids is 1. The number of carboxylic acids is 1. The van der Waals surface area contributed by atoms with Gasteiger partial charge in [0.2, 0.25) is 5.91 Å². The lowest BCUT2D eigenvalue weighted by Crippen LogP contribution is -2.56. The van der Waals surface area contributed by atoms with Gasteiger partial charge in [0, 0.05) is 23.8 Å². The first-order valence-electron chi connectivity index (χ1n) is 11.5. The Balaban J connectivity index is 0.000000505. The topological polar surface area (TPSA) is 105 Å². The number of alkyl halides is 3. The van der Waals surface area contributed by atoms with E-state index in [-0.39, 0.29) is 41.0 Å². The number of hydrogen-bond donors (Lipinski definition) is 2. The van der Waals surface area contributed by atoms with E-state index in [4.69, 9.17) is 32.0 Å². The Morgan fingerprint density at radius 1 is 1.24 bits per heavy atom. The predicted molar refractivity (Wildman–Crippen MR) is 129 cm³/mol. The molecule has 0 saturated carbocycles. The molecule has 206 valence electrons. The van der Waals surface area contributed by atoms with Gasteiger partial charge in [-0.15, -0.1) is 0 Å². The molecule has 2 aliphatic rings. The van der Waals surface area contributed by atoms with Crippen molar-refractivity contribution < 1.29 is 41.4 Å². The molecule has 0 spiro atoms. The predicted octanol–water partition coefficient (Wildman–Crippen LogP) is 5.25. The summed E-state index contributed by atoms with van der Waals surface area (Å²) in [5.41, 5.74) is 6.16. The average molecular weight is 562 g/mol.